The Morgan fingerprint density at radius 3 is 2.68 bits per heavy atom. The normalized spacial score (nSPS) is 27.0. The number of likely N-dealkylation sites (tertiary alicyclic amines) is 1. The number of amides is 1. The van der Waals surface area contributed by atoms with Gasteiger partial charge in [0.15, 0.2) is 5.69 Å². The Morgan fingerprint density at radius 1 is 1.50 bits per heavy atom. The van der Waals surface area contributed by atoms with Crippen LogP contribution in [-0.4, -0.2) is 57.6 Å². The van der Waals surface area contributed by atoms with Gasteiger partial charge in [0.2, 0.25) is 0 Å². The van der Waals surface area contributed by atoms with Crippen molar-refractivity contribution in [3.63, 3.8) is 0 Å². The third-order valence-electron chi connectivity index (χ3n) is 5.42. The lowest BCUT2D eigenvalue weighted by Gasteiger charge is -2.56. The fraction of sp³-hybridized carbons (Fsp3) is 0.750. The zero-order valence-electron chi connectivity index (χ0n) is 13.6. The van der Waals surface area contributed by atoms with E-state index < -0.39 is 0 Å². The second-order valence-corrected chi connectivity index (χ2v) is 6.52. The Bertz CT molecular complexity index is 539. The molecular weight excluding hydrogens is 282 g/mol. The standard InChI is InChI=1S/C16H25N3O3/c1-4-22-14-10-13(20)16(14)5-7-19(8-6-16)15(21)12-9-11(2)18(3)17-12/h9,13-14,20H,4-8,10H2,1-3H3/t13-,14-/m0/s1. The van der Waals surface area contributed by atoms with E-state index in [1.807, 2.05) is 31.9 Å². The molecule has 1 N–H and O–H groups in total. The molecule has 22 heavy (non-hydrogen) atoms. The summed E-state index contributed by atoms with van der Waals surface area (Å²) >= 11 is 0. The number of carbonyl (C=O) groups is 1. The molecule has 2 fully saturated rings. The molecule has 1 aromatic heterocycles. The topological polar surface area (TPSA) is 67.6 Å². The summed E-state index contributed by atoms with van der Waals surface area (Å²) in [7, 11) is 1.84. The molecule has 6 heteroatoms. The van der Waals surface area contributed by atoms with Crippen LogP contribution in [0.2, 0.25) is 0 Å². The summed E-state index contributed by atoms with van der Waals surface area (Å²) in [5, 5.41) is 14.5. The maximum atomic E-state index is 12.5. The summed E-state index contributed by atoms with van der Waals surface area (Å²) in [6, 6.07) is 1.83. The zero-order valence-corrected chi connectivity index (χ0v) is 13.6. The van der Waals surface area contributed by atoms with Crippen molar-refractivity contribution in [1.82, 2.24) is 14.7 Å². The number of piperidine rings is 1. The second-order valence-electron chi connectivity index (χ2n) is 6.52. The minimum atomic E-state index is -0.293. The third kappa shape index (κ3) is 2.34. The van der Waals surface area contributed by atoms with Gasteiger partial charge in [0, 0.05) is 44.3 Å². The van der Waals surface area contributed by atoms with Crippen molar-refractivity contribution >= 4 is 5.91 Å². The van der Waals surface area contributed by atoms with E-state index in [4.69, 9.17) is 4.74 Å². The minimum Gasteiger partial charge on any atom is -0.392 e. The first kappa shape index (κ1) is 15.5. The van der Waals surface area contributed by atoms with Crippen molar-refractivity contribution in [2.24, 2.45) is 12.5 Å². The molecule has 0 radical (unpaired) electrons. The van der Waals surface area contributed by atoms with Gasteiger partial charge in [-0.2, -0.15) is 5.10 Å². The lowest BCUT2D eigenvalue weighted by atomic mass is 9.58. The maximum absolute atomic E-state index is 12.5. The molecule has 2 aliphatic rings. The van der Waals surface area contributed by atoms with E-state index >= 15 is 0 Å². The number of rotatable bonds is 3. The highest BCUT2D eigenvalue weighted by atomic mass is 16.5. The van der Waals surface area contributed by atoms with Crippen LogP contribution in [0.3, 0.4) is 0 Å². The van der Waals surface area contributed by atoms with Crippen LogP contribution in [0.1, 0.15) is 42.4 Å². The Hall–Kier alpha value is -1.40. The Labute approximate surface area is 131 Å². The van der Waals surface area contributed by atoms with E-state index in [1.54, 1.807) is 4.68 Å². The predicted molar refractivity (Wildman–Crippen MR) is 81.6 cm³/mol. The van der Waals surface area contributed by atoms with Crippen LogP contribution >= 0.6 is 0 Å². The minimum absolute atomic E-state index is 0.0136. The predicted octanol–water partition coefficient (Wildman–Crippen LogP) is 1.12. The second kappa shape index (κ2) is 5.66. The lowest BCUT2D eigenvalue weighted by molar-refractivity contribution is -0.207. The summed E-state index contributed by atoms with van der Waals surface area (Å²) in [6.07, 6.45) is 2.17. The first-order chi connectivity index (χ1) is 10.5. The Balaban J connectivity index is 1.65. The average molecular weight is 307 g/mol. The molecule has 1 saturated carbocycles. The summed E-state index contributed by atoms with van der Waals surface area (Å²) in [5.41, 5.74) is 1.33. The molecule has 1 aromatic rings. The molecule has 0 bridgehead atoms. The van der Waals surface area contributed by atoms with E-state index in [0.29, 0.717) is 25.4 Å². The van der Waals surface area contributed by atoms with Crippen LogP contribution in [0, 0.1) is 12.3 Å². The molecule has 1 spiro atoms. The number of carbonyl (C=O) groups excluding carboxylic acids is 1. The maximum Gasteiger partial charge on any atom is 0.274 e. The van der Waals surface area contributed by atoms with Gasteiger partial charge in [-0.3, -0.25) is 9.48 Å². The van der Waals surface area contributed by atoms with E-state index in [0.717, 1.165) is 25.0 Å². The fourth-order valence-electron chi connectivity index (χ4n) is 3.77. The van der Waals surface area contributed by atoms with Gasteiger partial charge >= 0.3 is 0 Å². The van der Waals surface area contributed by atoms with Crippen LogP contribution in [0.4, 0.5) is 0 Å². The molecule has 2 atom stereocenters. The van der Waals surface area contributed by atoms with Crippen molar-refractivity contribution < 1.29 is 14.6 Å². The van der Waals surface area contributed by atoms with E-state index in [2.05, 4.69) is 5.10 Å². The SMILES string of the molecule is CCO[C@H]1C[C@H](O)C12CCN(C(=O)c1cc(C)n(C)n1)CC2. The van der Waals surface area contributed by atoms with Gasteiger partial charge in [0.1, 0.15) is 0 Å². The summed E-state index contributed by atoms with van der Waals surface area (Å²) in [4.78, 5) is 14.4. The quantitative estimate of drug-likeness (QED) is 0.909. The van der Waals surface area contributed by atoms with E-state index in [9.17, 15) is 9.90 Å². The van der Waals surface area contributed by atoms with Crippen molar-refractivity contribution in [3.05, 3.63) is 17.5 Å². The molecule has 122 valence electrons. The molecule has 1 saturated heterocycles. The highest BCUT2D eigenvalue weighted by Crippen LogP contribution is 2.51. The van der Waals surface area contributed by atoms with Crippen molar-refractivity contribution in [2.45, 2.75) is 45.3 Å². The molecule has 1 amide bonds. The smallest absolute Gasteiger partial charge is 0.274 e. The number of aliphatic hydroxyl groups is 1. The van der Waals surface area contributed by atoms with Gasteiger partial charge in [-0.1, -0.05) is 0 Å². The van der Waals surface area contributed by atoms with Gasteiger partial charge < -0.3 is 14.7 Å². The molecule has 3 rings (SSSR count). The number of ether oxygens (including phenoxy) is 1. The average Bonchev–Trinajstić information content (AvgIpc) is 2.86. The highest BCUT2D eigenvalue weighted by Gasteiger charge is 2.56. The van der Waals surface area contributed by atoms with Crippen LogP contribution in [0.5, 0.6) is 0 Å². The monoisotopic (exact) mass is 307 g/mol. The zero-order chi connectivity index (χ0) is 15.9. The summed E-state index contributed by atoms with van der Waals surface area (Å²) < 4.78 is 7.48. The molecule has 2 heterocycles. The molecule has 0 aromatic carbocycles. The largest absolute Gasteiger partial charge is 0.392 e. The fourth-order valence-corrected chi connectivity index (χ4v) is 3.77. The first-order valence-corrected chi connectivity index (χ1v) is 8.07. The van der Waals surface area contributed by atoms with Gasteiger partial charge in [0.05, 0.1) is 12.2 Å². The molecule has 1 aliphatic carbocycles. The van der Waals surface area contributed by atoms with Crippen LogP contribution < -0.4 is 0 Å². The molecule has 1 aliphatic heterocycles. The van der Waals surface area contributed by atoms with E-state index in [1.165, 1.54) is 0 Å². The Kier molecular flexibility index (Phi) is 3.99. The number of aliphatic hydroxyl groups excluding tert-OH is 1. The summed E-state index contributed by atoms with van der Waals surface area (Å²) in [6.45, 7) is 5.92. The number of hydrogen-bond acceptors (Lipinski definition) is 4. The number of nitrogens with zero attached hydrogens (tertiary/aromatic N) is 3. The van der Waals surface area contributed by atoms with Crippen molar-refractivity contribution in [1.29, 1.82) is 0 Å². The van der Waals surface area contributed by atoms with Crippen molar-refractivity contribution in [2.75, 3.05) is 19.7 Å². The van der Waals surface area contributed by atoms with Crippen LogP contribution in [-0.2, 0) is 11.8 Å². The van der Waals surface area contributed by atoms with Gasteiger partial charge in [-0.25, -0.2) is 0 Å². The van der Waals surface area contributed by atoms with Gasteiger partial charge in [0.25, 0.3) is 5.91 Å². The summed E-state index contributed by atoms with van der Waals surface area (Å²) in [5.74, 6) is -0.0136. The molecule has 0 unspecified atom stereocenters. The molecule has 6 nitrogen and oxygen atoms in total. The van der Waals surface area contributed by atoms with Crippen LogP contribution in [0.25, 0.3) is 0 Å². The number of aryl methyl sites for hydroxylation is 2. The number of aromatic nitrogens is 2. The van der Waals surface area contributed by atoms with Gasteiger partial charge in [-0.05, 0) is 32.8 Å². The van der Waals surface area contributed by atoms with Crippen LogP contribution in [0.15, 0.2) is 6.07 Å². The molecular formula is C16H25N3O3. The third-order valence-corrected chi connectivity index (χ3v) is 5.42. The van der Waals surface area contributed by atoms with Crippen molar-refractivity contribution in [3.8, 4) is 0 Å². The highest BCUT2D eigenvalue weighted by molar-refractivity contribution is 5.92. The number of hydrogen-bond donors (Lipinski definition) is 1. The Morgan fingerprint density at radius 2 is 2.18 bits per heavy atom. The van der Waals surface area contributed by atoms with Gasteiger partial charge in [-0.15, -0.1) is 0 Å². The first-order valence-electron chi connectivity index (χ1n) is 8.07. The van der Waals surface area contributed by atoms with E-state index in [-0.39, 0.29) is 23.5 Å². The lowest BCUT2D eigenvalue weighted by Crippen LogP contribution is -2.62.